The molecule has 2 aliphatic rings. The van der Waals surface area contributed by atoms with E-state index < -0.39 is 0 Å². The van der Waals surface area contributed by atoms with Crippen LogP contribution >= 0.6 is 0 Å². The third-order valence-electron chi connectivity index (χ3n) is 8.91. The molecule has 0 unspecified atom stereocenters. The van der Waals surface area contributed by atoms with Crippen LogP contribution < -0.4 is 0 Å². The zero-order chi connectivity index (χ0) is 28.6. The maximum atomic E-state index is 5.29. The zero-order valence-electron chi connectivity index (χ0n) is 26.2. The number of aryl methyl sites for hydroxylation is 7. The maximum Gasteiger partial charge on any atom is 0.0691 e. The van der Waals surface area contributed by atoms with E-state index in [1.54, 1.807) is 0 Å². The molecule has 0 aromatic carbocycles. The minimum Gasteiger partial charge on any atom is -0.355 e. The van der Waals surface area contributed by atoms with Gasteiger partial charge in [-0.15, -0.1) is 0 Å². The molecule has 3 aromatic rings. The van der Waals surface area contributed by atoms with Crippen molar-refractivity contribution >= 4 is 46.4 Å². The van der Waals surface area contributed by atoms with Crippen LogP contribution in [0.2, 0.25) is 0 Å². The Kier molecular flexibility index (Phi) is 9.96. The zero-order valence-corrected chi connectivity index (χ0v) is 28.5. The van der Waals surface area contributed by atoms with Gasteiger partial charge in [0.15, 0.2) is 0 Å². The normalized spacial score (nSPS) is 12.3. The first kappa shape index (κ1) is 31.2. The van der Waals surface area contributed by atoms with E-state index in [4.69, 9.17) is 9.97 Å². The van der Waals surface area contributed by atoms with Gasteiger partial charge in [0.05, 0.1) is 28.3 Å². The third-order valence-corrected chi connectivity index (χ3v) is 8.91. The Morgan fingerprint density at radius 3 is 1.41 bits per heavy atom. The summed E-state index contributed by atoms with van der Waals surface area (Å²) in [6.07, 6.45) is 15.6. The molecule has 5 heterocycles. The number of hydrogen-bond donors (Lipinski definition) is 1. The Labute approximate surface area is 260 Å². The van der Waals surface area contributed by atoms with Crippen LogP contribution in [-0.4, -0.2) is 19.5 Å². The Morgan fingerprint density at radius 1 is 0.537 bits per heavy atom. The fourth-order valence-electron chi connectivity index (χ4n) is 7.03. The molecule has 1 N–H and O–H groups in total. The predicted octanol–water partition coefficient (Wildman–Crippen LogP) is 9.08. The van der Waals surface area contributed by atoms with Crippen LogP contribution in [0, 0.1) is 0 Å². The third kappa shape index (κ3) is 5.11. The quantitative estimate of drug-likeness (QED) is 0.173. The summed E-state index contributed by atoms with van der Waals surface area (Å²) in [4.78, 5) is 14.4. The van der Waals surface area contributed by atoms with Crippen molar-refractivity contribution in [2.24, 2.45) is 0 Å². The van der Waals surface area contributed by atoms with Crippen LogP contribution in [0.3, 0.4) is 0 Å². The summed E-state index contributed by atoms with van der Waals surface area (Å²) in [5, 5.41) is 0. The standard InChI is InChI=1S/C36H46N4.Pt/c1-9-22-21-33-26(13-5)31-18-17-29(37-31)25(12-4)30-19-20-32(38-30)27(14-6)35-23(10-2)24(11-3)36(40(35)16-8)28(15-7)34(22)39-33;/h17-21,39H,9-16H2,1-8H3;. The van der Waals surface area contributed by atoms with Crippen molar-refractivity contribution in [1.29, 1.82) is 0 Å². The molecule has 4 nitrogen and oxygen atoms in total. The number of rotatable bonds is 8. The maximum absolute atomic E-state index is 5.29. The van der Waals surface area contributed by atoms with Crippen molar-refractivity contribution in [3.8, 4) is 0 Å². The first-order valence-corrected chi connectivity index (χ1v) is 15.7. The van der Waals surface area contributed by atoms with Gasteiger partial charge in [-0.25, -0.2) is 9.97 Å². The molecule has 5 heteroatoms. The van der Waals surface area contributed by atoms with Gasteiger partial charge in [0.25, 0.3) is 0 Å². The summed E-state index contributed by atoms with van der Waals surface area (Å²) in [5.41, 5.74) is 19.2. The monoisotopic (exact) mass is 729 g/mol. The fourth-order valence-corrected chi connectivity index (χ4v) is 7.03. The average Bonchev–Trinajstić information content (AvgIpc) is 3.77. The smallest absolute Gasteiger partial charge is 0.0691 e. The first-order chi connectivity index (χ1) is 19.5. The molecule has 8 bridgehead atoms. The van der Waals surface area contributed by atoms with E-state index in [-0.39, 0.29) is 21.1 Å². The van der Waals surface area contributed by atoms with Gasteiger partial charge in [0, 0.05) is 60.9 Å². The largest absolute Gasteiger partial charge is 0.355 e. The molecule has 0 amide bonds. The Balaban J connectivity index is 0.00000387. The van der Waals surface area contributed by atoms with Crippen molar-refractivity contribution in [3.63, 3.8) is 0 Å². The Hall–Kier alpha value is -2.71. The molecule has 3 aromatic heterocycles. The van der Waals surface area contributed by atoms with Crippen molar-refractivity contribution in [2.75, 3.05) is 0 Å². The number of nitrogens with one attached hydrogen (secondary N) is 1. The van der Waals surface area contributed by atoms with Crippen LogP contribution in [0.5, 0.6) is 0 Å². The molecule has 0 fully saturated rings. The van der Waals surface area contributed by atoms with Gasteiger partial charge >= 0.3 is 0 Å². The predicted molar refractivity (Wildman–Crippen MR) is 174 cm³/mol. The van der Waals surface area contributed by atoms with Gasteiger partial charge in [0.1, 0.15) is 0 Å². The van der Waals surface area contributed by atoms with Crippen LogP contribution in [-0.2, 0) is 72.6 Å². The molecule has 0 saturated carbocycles. The topological polar surface area (TPSA) is 46.5 Å². The summed E-state index contributed by atoms with van der Waals surface area (Å²) in [7, 11) is 0. The van der Waals surface area contributed by atoms with Crippen molar-refractivity contribution < 1.29 is 21.1 Å². The van der Waals surface area contributed by atoms with Crippen LogP contribution in [0.15, 0.2) is 6.07 Å². The molecular weight excluding hydrogens is 684 g/mol. The van der Waals surface area contributed by atoms with E-state index in [9.17, 15) is 0 Å². The van der Waals surface area contributed by atoms with Crippen molar-refractivity contribution in [2.45, 2.75) is 107 Å². The molecule has 0 saturated heterocycles. The number of fused-ring (bicyclic) bond motifs is 8. The number of aromatic nitrogens is 4. The molecule has 41 heavy (non-hydrogen) atoms. The van der Waals surface area contributed by atoms with Gasteiger partial charge in [-0.1, -0.05) is 48.5 Å². The summed E-state index contributed by atoms with van der Waals surface area (Å²) in [6.45, 7) is 19.2. The number of nitrogens with zero attached hydrogens (tertiary/aromatic N) is 3. The van der Waals surface area contributed by atoms with Crippen LogP contribution in [0.4, 0.5) is 0 Å². The summed E-state index contributed by atoms with van der Waals surface area (Å²) in [5.74, 6) is 0. The minimum atomic E-state index is 0. The number of aromatic amines is 1. The van der Waals surface area contributed by atoms with Gasteiger partial charge in [-0.05, 0) is 104 Å². The van der Waals surface area contributed by atoms with E-state index in [0.29, 0.717) is 0 Å². The molecule has 0 aliphatic carbocycles. The van der Waals surface area contributed by atoms with E-state index in [2.05, 4.69) is 95.3 Å². The average molecular weight is 730 g/mol. The second-order valence-electron chi connectivity index (χ2n) is 10.8. The summed E-state index contributed by atoms with van der Waals surface area (Å²) in [6, 6.07) is 2.39. The molecule has 5 rings (SSSR count). The number of H-pyrrole nitrogens is 1. The first-order valence-electron chi connectivity index (χ1n) is 15.7. The Bertz CT molecular complexity index is 1680. The molecule has 0 spiro atoms. The van der Waals surface area contributed by atoms with Crippen LogP contribution in [0.1, 0.15) is 117 Å². The minimum absolute atomic E-state index is 0. The van der Waals surface area contributed by atoms with Gasteiger partial charge < -0.3 is 9.55 Å². The van der Waals surface area contributed by atoms with E-state index >= 15 is 0 Å². The molecule has 0 radical (unpaired) electrons. The number of hydrogen-bond acceptors (Lipinski definition) is 2. The summed E-state index contributed by atoms with van der Waals surface area (Å²) >= 11 is 0. The van der Waals surface area contributed by atoms with Crippen LogP contribution in [0.25, 0.3) is 46.4 Å². The van der Waals surface area contributed by atoms with E-state index in [0.717, 1.165) is 74.3 Å². The van der Waals surface area contributed by atoms with E-state index in [1.165, 1.54) is 61.0 Å². The Morgan fingerprint density at radius 2 is 0.976 bits per heavy atom. The molecule has 0 atom stereocenters. The van der Waals surface area contributed by atoms with Gasteiger partial charge in [-0.2, -0.15) is 0 Å². The van der Waals surface area contributed by atoms with Gasteiger partial charge in [0.2, 0.25) is 0 Å². The van der Waals surface area contributed by atoms with Crippen molar-refractivity contribution in [3.05, 3.63) is 67.8 Å². The summed E-state index contributed by atoms with van der Waals surface area (Å²) < 4.78 is 2.62. The fraction of sp³-hybridized carbons (Fsp3) is 0.444. The van der Waals surface area contributed by atoms with Gasteiger partial charge in [-0.3, -0.25) is 0 Å². The van der Waals surface area contributed by atoms with E-state index in [1.807, 2.05) is 0 Å². The second-order valence-corrected chi connectivity index (χ2v) is 10.8. The second kappa shape index (κ2) is 13.1. The molecule has 2 aliphatic heterocycles. The molecular formula is C36H46N4Pt. The molecule has 220 valence electrons. The SMILES string of the molecule is CCc1c2nc(c(CC)c3cc(CC)c([nH]3)c(CC)c3c(CC)c(CC)c(c(CC)c4nc1C=C4)n3CC)C=C2.[Pt]. The van der Waals surface area contributed by atoms with Crippen molar-refractivity contribution in [1.82, 2.24) is 19.5 Å².